The topological polar surface area (TPSA) is 94.1 Å². The summed E-state index contributed by atoms with van der Waals surface area (Å²) in [5.74, 6) is 0.468. The molecule has 0 aliphatic heterocycles. The molecule has 3 aromatic rings. The van der Waals surface area contributed by atoms with Gasteiger partial charge in [0.2, 0.25) is 11.8 Å². The SMILES string of the molecule is CCCn1nc(C(=O)N(Cc2nnc(-c3ccc(Cl)cc3)o2)C2CC2)ccc1=O. The van der Waals surface area contributed by atoms with Crippen LogP contribution in [0.4, 0.5) is 0 Å². The van der Waals surface area contributed by atoms with E-state index < -0.39 is 0 Å². The van der Waals surface area contributed by atoms with Crippen LogP contribution in [0.2, 0.25) is 5.02 Å². The third-order valence-corrected chi connectivity index (χ3v) is 4.89. The van der Waals surface area contributed by atoms with Gasteiger partial charge in [0.05, 0.1) is 6.54 Å². The molecule has 8 nitrogen and oxygen atoms in total. The number of carbonyl (C=O) groups excluding carboxylic acids is 1. The molecule has 0 atom stereocenters. The van der Waals surface area contributed by atoms with E-state index in [0.717, 1.165) is 24.8 Å². The Labute approximate surface area is 172 Å². The van der Waals surface area contributed by atoms with Crippen LogP contribution in [0.1, 0.15) is 42.6 Å². The van der Waals surface area contributed by atoms with Gasteiger partial charge in [0.15, 0.2) is 0 Å². The predicted molar refractivity (Wildman–Crippen MR) is 106 cm³/mol. The maximum Gasteiger partial charge on any atom is 0.275 e. The van der Waals surface area contributed by atoms with E-state index in [1.54, 1.807) is 29.2 Å². The molecule has 1 amide bonds. The number of hydrogen-bond donors (Lipinski definition) is 0. The summed E-state index contributed by atoms with van der Waals surface area (Å²) in [7, 11) is 0. The minimum atomic E-state index is -0.247. The van der Waals surface area contributed by atoms with Gasteiger partial charge in [-0.15, -0.1) is 10.2 Å². The molecule has 150 valence electrons. The Kier molecular flexibility index (Phi) is 5.44. The molecule has 2 aromatic heterocycles. The van der Waals surface area contributed by atoms with Crippen LogP contribution in [-0.4, -0.2) is 36.8 Å². The standard InChI is InChI=1S/C20H20ClN5O3/c1-2-11-26-18(27)10-9-16(24-26)20(28)25(15-7-8-15)12-17-22-23-19(29-17)13-3-5-14(21)6-4-13/h3-6,9-10,15H,2,7-8,11-12H2,1H3. The van der Waals surface area contributed by atoms with E-state index >= 15 is 0 Å². The van der Waals surface area contributed by atoms with Crippen molar-refractivity contribution in [2.24, 2.45) is 0 Å². The minimum Gasteiger partial charge on any atom is -0.419 e. The first-order valence-corrected chi connectivity index (χ1v) is 9.90. The number of amides is 1. The van der Waals surface area contributed by atoms with Crippen molar-refractivity contribution in [3.8, 4) is 11.5 Å². The molecule has 0 N–H and O–H groups in total. The monoisotopic (exact) mass is 413 g/mol. The Bertz CT molecular complexity index is 1070. The van der Waals surface area contributed by atoms with Gasteiger partial charge in [0.1, 0.15) is 5.69 Å². The van der Waals surface area contributed by atoms with E-state index in [1.807, 2.05) is 6.92 Å². The summed E-state index contributed by atoms with van der Waals surface area (Å²) >= 11 is 5.91. The van der Waals surface area contributed by atoms with E-state index in [4.69, 9.17) is 16.0 Å². The summed E-state index contributed by atoms with van der Waals surface area (Å²) in [5, 5.41) is 13.0. The third-order valence-electron chi connectivity index (χ3n) is 4.63. The number of aromatic nitrogens is 4. The molecule has 0 radical (unpaired) electrons. The van der Waals surface area contributed by atoms with Crippen molar-refractivity contribution >= 4 is 17.5 Å². The van der Waals surface area contributed by atoms with Gasteiger partial charge in [0.25, 0.3) is 11.5 Å². The summed E-state index contributed by atoms with van der Waals surface area (Å²) in [6.07, 6.45) is 2.59. The molecule has 1 aliphatic rings. The van der Waals surface area contributed by atoms with Gasteiger partial charge in [-0.05, 0) is 49.6 Å². The lowest BCUT2D eigenvalue weighted by Gasteiger charge is -2.20. The fourth-order valence-corrected chi connectivity index (χ4v) is 3.13. The second-order valence-electron chi connectivity index (χ2n) is 6.95. The first-order chi connectivity index (χ1) is 14.0. The Hall–Kier alpha value is -3.00. The summed E-state index contributed by atoms with van der Waals surface area (Å²) < 4.78 is 7.07. The largest absolute Gasteiger partial charge is 0.419 e. The zero-order valence-corrected chi connectivity index (χ0v) is 16.7. The van der Waals surface area contributed by atoms with Gasteiger partial charge in [-0.2, -0.15) is 5.10 Å². The van der Waals surface area contributed by atoms with E-state index in [-0.39, 0.29) is 29.7 Å². The molecule has 0 spiro atoms. The maximum atomic E-state index is 13.1. The van der Waals surface area contributed by atoms with E-state index in [0.29, 0.717) is 23.3 Å². The zero-order chi connectivity index (χ0) is 20.4. The summed E-state index contributed by atoms with van der Waals surface area (Å²) in [6.45, 7) is 2.61. The molecule has 1 aromatic carbocycles. The van der Waals surface area contributed by atoms with Crippen molar-refractivity contribution in [1.82, 2.24) is 24.9 Å². The Balaban J connectivity index is 1.55. The van der Waals surface area contributed by atoms with Crippen LogP contribution in [-0.2, 0) is 13.1 Å². The molecule has 0 unspecified atom stereocenters. The fraction of sp³-hybridized carbons (Fsp3) is 0.350. The lowest BCUT2D eigenvalue weighted by atomic mass is 10.2. The van der Waals surface area contributed by atoms with Crippen LogP contribution in [0.3, 0.4) is 0 Å². The normalized spacial score (nSPS) is 13.4. The van der Waals surface area contributed by atoms with Crippen molar-refractivity contribution in [1.29, 1.82) is 0 Å². The average Bonchev–Trinajstić information content (AvgIpc) is 3.46. The van der Waals surface area contributed by atoms with Crippen LogP contribution in [0, 0.1) is 0 Å². The second-order valence-corrected chi connectivity index (χ2v) is 7.39. The van der Waals surface area contributed by atoms with Gasteiger partial charge >= 0.3 is 0 Å². The van der Waals surface area contributed by atoms with Crippen molar-refractivity contribution in [2.75, 3.05) is 0 Å². The highest BCUT2D eigenvalue weighted by molar-refractivity contribution is 6.30. The molecule has 9 heteroatoms. The molecule has 2 heterocycles. The molecule has 0 bridgehead atoms. The Morgan fingerprint density at radius 2 is 1.97 bits per heavy atom. The number of hydrogen-bond acceptors (Lipinski definition) is 6. The predicted octanol–water partition coefficient (Wildman–Crippen LogP) is 3.16. The molecule has 4 rings (SSSR count). The van der Waals surface area contributed by atoms with Gasteiger partial charge in [-0.1, -0.05) is 18.5 Å². The van der Waals surface area contributed by atoms with E-state index in [1.165, 1.54) is 16.8 Å². The molecule has 29 heavy (non-hydrogen) atoms. The maximum absolute atomic E-state index is 13.1. The van der Waals surface area contributed by atoms with Crippen molar-refractivity contribution in [2.45, 2.75) is 45.3 Å². The second kappa shape index (κ2) is 8.16. The molecule has 1 saturated carbocycles. The van der Waals surface area contributed by atoms with Crippen molar-refractivity contribution in [3.05, 3.63) is 63.4 Å². The number of nitrogens with zero attached hydrogens (tertiary/aromatic N) is 5. The Morgan fingerprint density at radius 1 is 1.21 bits per heavy atom. The lowest BCUT2D eigenvalue weighted by Crippen LogP contribution is -2.35. The highest BCUT2D eigenvalue weighted by atomic mass is 35.5. The summed E-state index contributed by atoms with van der Waals surface area (Å²) in [4.78, 5) is 26.6. The zero-order valence-electron chi connectivity index (χ0n) is 15.9. The van der Waals surface area contributed by atoms with Gasteiger partial charge in [-0.25, -0.2) is 4.68 Å². The third kappa shape index (κ3) is 4.37. The number of carbonyl (C=O) groups is 1. The van der Waals surface area contributed by atoms with Crippen LogP contribution in [0.15, 0.2) is 45.6 Å². The number of benzene rings is 1. The number of aryl methyl sites for hydroxylation is 1. The van der Waals surface area contributed by atoms with Crippen LogP contribution < -0.4 is 5.56 Å². The van der Waals surface area contributed by atoms with Gasteiger partial charge in [-0.3, -0.25) is 9.59 Å². The smallest absolute Gasteiger partial charge is 0.275 e. The highest BCUT2D eigenvalue weighted by Gasteiger charge is 2.35. The van der Waals surface area contributed by atoms with Crippen molar-refractivity contribution < 1.29 is 9.21 Å². The molecular weight excluding hydrogens is 394 g/mol. The van der Waals surface area contributed by atoms with E-state index in [9.17, 15) is 9.59 Å². The first-order valence-electron chi connectivity index (χ1n) is 9.52. The molecule has 1 fully saturated rings. The van der Waals surface area contributed by atoms with Gasteiger partial charge < -0.3 is 9.32 Å². The number of rotatable bonds is 7. The Morgan fingerprint density at radius 3 is 2.66 bits per heavy atom. The van der Waals surface area contributed by atoms with Gasteiger partial charge in [0, 0.05) is 29.2 Å². The lowest BCUT2D eigenvalue weighted by molar-refractivity contribution is 0.0705. The molecule has 1 aliphatic carbocycles. The minimum absolute atomic E-state index is 0.113. The fourth-order valence-electron chi connectivity index (χ4n) is 3.01. The highest BCUT2D eigenvalue weighted by Crippen LogP contribution is 2.30. The number of halogens is 1. The molecular formula is C20H20ClN5O3. The van der Waals surface area contributed by atoms with Crippen molar-refractivity contribution in [3.63, 3.8) is 0 Å². The summed E-state index contributed by atoms with van der Waals surface area (Å²) in [6, 6.07) is 10.1. The van der Waals surface area contributed by atoms with Crippen LogP contribution >= 0.6 is 11.6 Å². The van der Waals surface area contributed by atoms with Crippen LogP contribution in [0.5, 0.6) is 0 Å². The summed E-state index contributed by atoms with van der Waals surface area (Å²) in [5.41, 5.74) is 0.777. The quantitative estimate of drug-likeness (QED) is 0.590. The van der Waals surface area contributed by atoms with Crippen LogP contribution in [0.25, 0.3) is 11.5 Å². The first kappa shape index (κ1) is 19.3. The average molecular weight is 414 g/mol. The van der Waals surface area contributed by atoms with E-state index in [2.05, 4.69) is 15.3 Å². The molecule has 0 saturated heterocycles.